The SMILES string of the molecule is Cc1ccc(Br)cc1/C=C1\CCC(C)C1=O. The Kier molecular flexibility index (Phi) is 3.29. The zero-order valence-corrected chi connectivity index (χ0v) is 11.2. The fourth-order valence-corrected chi connectivity index (χ4v) is 2.42. The Hall–Kier alpha value is -0.890. The molecule has 1 fully saturated rings. The molecule has 1 aromatic rings. The van der Waals surface area contributed by atoms with Crippen LogP contribution in [0.25, 0.3) is 6.08 Å². The molecule has 1 unspecified atom stereocenters. The first kappa shape index (κ1) is 11.6. The van der Waals surface area contributed by atoms with Crippen molar-refractivity contribution >= 4 is 27.8 Å². The van der Waals surface area contributed by atoms with Crippen molar-refractivity contribution in [3.05, 3.63) is 39.4 Å². The highest BCUT2D eigenvalue weighted by atomic mass is 79.9. The average molecular weight is 279 g/mol. The second kappa shape index (κ2) is 4.54. The molecule has 0 aliphatic heterocycles. The summed E-state index contributed by atoms with van der Waals surface area (Å²) in [7, 11) is 0. The molecule has 0 amide bonds. The van der Waals surface area contributed by atoms with Crippen LogP contribution in [0.2, 0.25) is 0 Å². The smallest absolute Gasteiger partial charge is 0.161 e. The Morgan fingerprint density at radius 3 is 2.81 bits per heavy atom. The standard InChI is InChI=1S/C14H15BrO/c1-9-4-6-13(15)8-12(9)7-11-5-3-10(2)14(11)16/h4,6-8,10H,3,5H2,1-2H3/b11-7+. The third kappa shape index (κ3) is 2.27. The van der Waals surface area contributed by atoms with Crippen LogP contribution in [0.4, 0.5) is 0 Å². The molecule has 0 radical (unpaired) electrons. The number of benzene rings is 1. The van der Waals surface area contributed by atoms with E-state index in [4.69, 9.17) is 0 Å². The van der Waals surface area contributed by atoms with Crippen molar-refractivity contribution in [2.75, 3.05) is 0 Å². The number of hydrogen-bond acceptors (Lipinski definition) is 1. The lowest BCUT2D eigenvalue weighted by Gasteiger charge is -2.03. The summed E-state index contributed by atoms with van der Waals surface area (Å²) in [5.74, 6) is 0.526. The minimum absolute atomic E-state index is 0.207. The summed E-state index contributed by atoms with van der Waals surface area (Å²) in [5, 5.41) is 0. The Morgan fingerprint density at radius 2 is 2.19 bits per heavy atom. The first-order chi connectivity index (χ1) is 7.58. The molecule has 0 N–H and O–H groups in total. The van der Waals surface area contributed by atoms with Crippen molar-refractivity contribution in [2.24, 2.45) is 5.92 Å². The first-order valence-electron chi connectivity index (χ1n) is 5.59. The van der Waals surface area contributed by atoms with Gasteiger partial charge in [0.05, 0.1) is 0 Å². The lowest BCUT2D eigenvalue weighted by Crippen LogP contribution is -2.02. The van der Waals surface area contributed by atoms with E-state index >= 15 is 0 Å². The van der Waals surface area contributed by atoms with Gasteiger partial charge in [0.2, 0.25) is 0 Å². The highest BCUT2D eigenvalue weighted by Crippen LogP contribution is 2.29. The Balaban J connectivity index is 2.36. The normalized spacial score (nSPS) is 23.1. The molecule has 0 aromatic heterocycles. The maximum atomic E-state index is 11.8. The summed E-state index contributed by atoms with van der Waals surface area (Å²) in [6, 6.07) is 6.16. The number of Topliss-reactive ketones (excluding diaryl/α,β-unsaturated/α-hetero) is 1. The third-order valence-corrected chi connectivity index (χ3v) is 3.68. The fraction of sp³-hybridized carbons (Fsp3) is 0.357. The van der Waals surface area contributed by atoms with Crippen LogP contribution in [-0.4, -0.2) is 5.78 Å². The van der Waals surface area contributed by atoms with E-state index in [0.717, 1.165) is 28.5 Å². The van der Waals surface area contributed by atoms with E-state index in [0.29, 0.717) is 5.78 Å². The van der Waals surface area contributed by atoms with Gasteiger partial charge in [0.15, 0.2) is 5.78 Å². The molecule has 84 valence electrons. The molecular weight excluding hydrogens is 264 g/mol. The molecule has 1 aromatic carbocycles. The van der Waals surface area contributed by atoms with Gasteiger partial charge in [0.1, 0.15) is 0 Å². The van der Waals surface area contributed by atoms with Crippen molar-refractivity contribution in [2.45, 2.75) is 26.7 Å². The second-order valence-electron chi connectivity index (χ2n) is 4.47. The topological polar surface area (TPSA) is 17.1 Å². The molecule has 1 saturated carbocycles. The van der Waals surface area contributed by atoms with Crippen molar-refractivity contribution < 1.29 is 4.79 Å². The highest BCUT2D eigenvalue weighted by molar-refractivity contribution is 9.10. The van der Waals surface area contributed by atoms with Crippen LogP contribution >= 0.6 is 15.9 Å². The molecule has 16 heavy (non-hydrogen) atoms. The van der Waals surface area contributed by atoms with Crippen LogP contribution in [0.3, 0.4) is 0 Å². The lowest BCUT2D eigenvalue weighted by molar-refractivity contribution is -0.117. The average Bonchev–Trinajstić information content (AvgIpc) is 2.55. The Labute approximate surface area is 105 Å². The zero-order valence-electron chi connectivity index (χ0n) is 9.59. The van der Waals surface area contributed by atoms with Crippen molar-refractivity contribution in [1.29, 1.82) is 0 Å². The Bertz CT molecular complexity index is 460. The molecule has 0 heterocycles. The monoisotopic (exact) mass is 278 g/mol. The van der Waals surface area contributed by atoms with Crippen LogP contribution in [0, 0.1) is 12.8 Å². The van der Waals surface area contributed by atoms with Gasteiger partial charge in [0, 0.05) is 10.4 Å². The number of carbonyl (C=O) groups is 1. The zero-order chi connectivity index (χ0) is 11.7. The van der Waals surface area contributed by atoms with Gasteiger partial charge in [0.25, 0.3) is 0 Å². The first-order valence-corrected chi connectivity index (χ1v) is 6.38. The van der Waals surface area contributed by atoms with Gasteiger partial charge in [-0.15, -0.1) is 0 Å². The molecule has 2 rings (SSSR count). The van der Waals surface area contributed by atoms with Crippen LogP contribution in [0.1, 0.15) is 30.9 Å². The summed E-state index contributed by atoms with van der Waals surface area (Å²) in [5.41, 5.74) is 3.34. The summed E-state index contributed by atoms with van der Waals surface area (Å²) < 4.78 is 1.06. The van der Waals surface area contributed by atoms with E-state index in [1.165, 1.54) is 5.56 Å². The maximum Gasteiger partial charge on any atom is 0.161 e. The van der Waals surface area contributed by atoms with Crippen molar-refractivity contribution in [1.82, 2.24) is 0 Å². The molecule has 0 saturated heterocycles. The number of allylic oxidation sites excluding steroid dienone is 1. The minimum atomic E-state index is 0.207. The van der Waals surface area contributed by atoms with Gasteiger partial charge in [-0.2, -0.15) is 0 Å². The number of rotatable bonds is 1. The second-order valence-corrected chi connectivity index (χ2v) is 5.39. The van der Waals surface area contributed by atoms with Crippen LogP contribution < -0.4 is 0 Å². The van der Waals surface area contributed by atoms with Crippen LogP contribution in [-0.2, 0) is 4.79 Å². The van der Waals surface area contributed by atoms with E-state index in [1.54, 1.807) is 0 Å². The van der Waals surface area contributed by atoms with Crippen molar-refractivity contribution in [3.8, 4) is 0 Å². The van der Waals surface area contributed by atoms with Crippen LogP contribution in [0.5, 0.6) is 0 Å². The predicted molar refractivity (Wildman–Crippen MR) is 70.3 cm³/mol. The Morgan fingerprint density at radius 1 is 1.44 bits per heavy atom. The number of carbonyl (C=O) groups excluding carboxylic acids is 1. The number of halogens is 1. The largest absolute Gasteiger partial charge is 0.294 e. The third-order valence-electron chi connectivity index (χ3n) is 3.18. The molecule has 2 heteroatoms. The maximum absolute atomic E-state index is 11.8. The fourth-order valence-electron chi connectivity index (χ4n) is 2.04. The molecule has 1 atom stereocenters. The molecule has 0 spiro atoms. The minimum Gasteiger partial charge on any atom is -0.294 e. The van der Waals surface area contributed by atoms with Gasteiger partial charge in [-0.25, -0.2) is 0 Å². The van der Waals surface area contributed by atoms with Gasteiger partial charge in [-0.3, -0.25) is 4.79 Å². The van der Waals surface area contributed by atoms with Crippen molar-refractivity contribution in [3.63, 3.8) is 0 Å². The van der Waals surface area contributed by atoms with E-state index in [2.05, 4.69) is 35.0 Å². The number of ketones is 1. The molecule has 1 nitrogen and oxygen atoms in total. The molecule has 1 aliphatic rings. The van der Waals surface area contributed by atoms with E-state index < -0.39 is 0 Å². The van der Waals surface area contributed by atoms with E-state index in [9.17, 15) is 4.79 Å². The van der Waals surface area contributed by atoms with E-state index in [1.807, 2.05) is 19.1 Å². The van der Waals surface area contributed by atoms with Crippen LogP contribution in [0.15, 0.2) is 28.2 Å². The molecule has 1 aliphatic carbocycles. The molecular formula is C14H15BrO. The predicted octanol–water partition coefficient (Wildman–Crippen LogP) is 4.14. The highest BCUT2D eigenvalue weighted by Gasteiger charge is 2.24. The summed E-state index contributed by atoms with van der Waals surface area (Å²) in [4.78, 5) is 11.8. The number of hydrogen-bond donors (Lipinski definition) is 0. The van der Waals surface area contributed by atoms with Gasteiger partial charge in [-0.05, 0) is 54.7 Å². The summed E-state index contributed by atoms with van der Waals surface area (Å²) in [6.07, 6.45) is 3.97. The summed E-state index contributed by atoms with van der Waals surface area (Å²) >= 11 is 3.46. The van der Waals surface area contributed by atoms with Gasteiger partial charge in [-0.1, -0.05) is 28.9 Å². The van der Waals surface area contributed by atoms with Gasteiger partial charge < -0.3 is 0 Å². The number of aryl methyl sites for hydroxylation is 1. The summed E-state index contributed by atoms with van der Waals surface area (Å²) in [6.45, 7) is 4.08. The molecule has 0 bridgehead atoms. The quantitative estimate of drug-likeness (QED) is 0.706. The lowest BCUT2D eigenvalue weighted by atomic mass is 10.0. The van der Waals surface area contributed by atoms with E-state index in [-0.39, 0.29) is 5.92 Å². The van der Waals surface area contributed by atoms with Gasteiger partial charge >= 0.3 is 0 Å².